The Balaban J connectivity index is 1.97. The molecule has 0 heterocycles. The van der Waals surface area contributed by atoms with Crippen LogP contribution in [0.15, 0.2) is 77.7 Å². The van der Waals surface area contributed by atoms with Gasteiger partial charge in [-0.1, -0.05) is 35.9 Å². The highest BCUT2D eigenvalue weighted by Gasteiger charge is 2.33. The van der Waals surface area contributed by atoms with E-state index in [1.165, 1.54) is 25.3 Å². The van der Waals surface area contributed by atoms with E-state index < -0.39 is 34.2 Å². The van der Waals surface area contributed by atoms with Crippen LogP contribution >= 0.6 is 0 Å². The van der Waals surface area contributed by atoms with Gasteiger partial charge in [-0.15, -0.1) is 0 Å². The fraction of sp³-hybridized carbons (Fsp3) is 0.208. The van der Waals surface area contributed by atoms with Crippen molar-refractivity contribution in [3.05, 3.63) is 89.5 Å². The summed E-state index contributed by atoms with van der Waals surface area (Å²) in [7, 11) is -2.83. The summed E-state index contributed by atoms with van der Waals surface area (Å²) >= 11 is 0. The Hall–Kier alpha value is -3.37. The second-order valence-electron chi connectivity index (χ2n) is 7.55. The molecule has 0 saturated carbocycles. The Morgan fingerprint density at radius 3 is 2.32 bits per heavy atom. The molecule has 0 saturated heterocycles. The smallest absolute Gasteiger partial charge is 0.380 e. The van der Waals surface area contributed by atoms with Crippen molar-refractivity contribution >= 4 is 27.3 Å². The summed E-state index contributed by atoms with van der Waals surface area (Å²) in [6.45, 7) is 1.35. The highest BCUT2D eigenvalue weighted by molar-refractivity contribution is 7.92. The number of amides is 1. The van der Waals surface area contributed by atoms with Gasteiger partial charge in [0.15, 0.2) is 0 Å². The Morgan fingerprint density at radius 1 is 1.00 bits per heavy atom. The predicted molar refractivity (Wildman–Crippen MR) is 123 cm³/mol. The van der Waals surface area contributed by atoms with Gasteiger partial charge in [-0.2, -0.15) is 13.2 Å². The minimum atomic E-state index is -4.68. The first-order valence-corrected chi connectivity index (χ1v) is 11.6. The van der Waals surface area contributed by atoms with E-state index in [1.807, 2.05) is 0 Å². The molecule has 3 aromatic carbocycles. The van der Waals surface area contributed by atoms with Gasteiger partial charge < -0.3 is 10.1 Å². The lowest BCUT2D eigenvalue weighted by Gasteiger charge is -2.25. The number of aryl methyl sites for hydroxylation is 1. The predicted octanol–water partition coefficient (Wildman–Crippen LogP) is 4.99. The van der Waals surface area contributed by atoms with Gasteiger partial charge in [-0.05, 0) is 55.0 Å². The zero-order chi connectivity index (χ0) is 24.9. The van der Waals surface area contributed by atoms with Crippen LogP contribution in [0.3, 0.4) is 0 Å². The molecule has 1 amide bonds. The average molecular weight is 493 g/mol. The topological polar surface area (TPSA) is 75.7 Å². The summed E-state index contributed by atoms with van der Waals surface area (Å²) in [5.41, 5.74) is 0.678. The summed E-state index contributed by atoms with van der Waals surface area (Å²) in [4.78, 5) is 12.7. The number of anilines is 2. The molecule has 0 fully saturated rings. The van der Waals surface area contributed by atoms with Crippen molar-refractivity contribution in [1.82, 2.24) is 0 Å². The zero-order valence-electron chi connectivity index (χ0n) is 18.5. The molecule has 0 aliphatic rings. The number of carbonyl (C=O) groups is 1. The van der Waals surface area contributed by atoms with E-state index in [9.17, 15) is 26.4 Å². The number of benzene rings is 3. The number of carbonyl (C=O) groups excluding carboxylic acids is 1. The van der Waals surface area contributed by atoms with Crippen molar-refractivity contribution in [3.63, 3.8) is 0 Å². The molecule has 0 aliphatic heterocycles. The standard InChI is InChI=1S/C24H23F3N2O4S/c1-17-9-11-22(12-10-17)34(31,32)29(21-8-4-6-19(14-21)24(25,26)27)15-23(30)28-20-7-3-5-18(13-20)16-33-2/h3-14H,15-16H2,1-2H3,(H,28,30). The van der Waals surface area contributed by atoms with Gasteiger partial charge in [0, 0.05) is 12.8 Å². The van der Waals surface area contributed by atoms with Gasteiger partial charge in [0.05, 0.1) is 22.8 Å². The molecule has 0 radical (unpaired) electrons. The summed E-state index contributed by atoms with van der Waals surface area (Å²) in [5, 5.41) is 2.60. The molecule has 34 heavy (non-hydrogen) atoms. The van der Waals surface area contributed by atoms with Crippen LogP contribution in [0.4, 0.5) is 24.5 Å². The second kappa shape index (κ2) is 10.3. The fourth-order valence-electron chi connectivity index (χ4n) is 3.23. The van der Waals surface area contributed by atoms with Crippen molar-refractivity contribution in [2.45, 2.75) is 24.6 Å². The third-order valence-electron chi connectivity index (χ3n) is 4.88. The highest BCUT2D eigenvalue weighted by atomic mass is 32.2. The first-order valence-electron chi connectivity index (χ1n) is 10.1. The largest absolute Gasteiger partial charge is 0.416 e. The lowest BCUT2D eigenvalue weighted by molar-refractivity contribution is -0.137. The Bertz CT molecular complexity index is 1260. The summed E-state index contributed by atoms with van der Waals surface area (Å²) in [6.07, 6.45) is -4.68. The number of rotatable bonds is 8. The summed E-state index contributed by atoms with van der Waals surface area (Å²) in [5.74, 6) is -0.720. The molecule has 180 valence electrons. The molecule has 3 rings (SSSR count). The van der Waals surface area contributed by atoms with Crippen LogP contribution in [0.2, 0.25) is 0 Å². The number of sulfonamides is 1. The first-order chi connectivity index (χ1) is 16.0. The number of methoxy groups -OCH3 is 1. The third-order valence-corrected chi connectivity index (χ3v) is 6.67. The SMILES string of the molecule is COCc1cccc(NC(=O)CN(c2cccc(C(F)(F)F)c2)S(=O)(=O)c2ccc(C)cc2)c1. The second-order valence-corrected chi connectivity index (χ2v) is 9.42. The normalized spacial score (nSPS) is 11.8. The lowest BCUT2D eigenvalue weighted by Crippen LogP contribution is -2.38. The van der Waals surface area contributed by atoms with E-state index >= 15 is 0 Å². The molecule has 6 nitrogen and oxygen atoms in total. The zero-order valence-corrected chi connectivity index (χ0v) is 19.3. The van der Waals surface area contributed by atoms with Gasteiger partial charge in [-0.25, -0.2) is 8.42 Å². The minimum absolute atomic E-state index is 0.148. The fourth-order valence-corrected chi connectivity index (χ4v) is 4.64. The first kappa shape index (κ1) is 25.3. The number of hydrogen-bond donors (Lipinski definition) is 1. The number of halogens is 3. The molecule has 0 bridgehead atoms. The van der Waals surface area contributed by atoms with Crippen LogP contribution in [0, 0.1) is 6.92 Å². The molecule has 0 unspecified atom stereocenters. The van der Waals surface area contributed by atoms with E-state index in [4.69, 9.17) is 4.74 Å². The Labute approximate surface area is 196 Å². The Morgan fingerprint density at radius 2 is 1.68 bits per heavy atom. The molecule has 0 atom stereocenters. The van der Waals surface area contributed by atoms with Gasteiger partial charge in [0.1, 0.15) is 6.54 Å². The van der Waals surface area contributed by atoms with Crippen LogP contribution in [-0.2, 0) is 32.3 Å². The Kier molecular flexibility index (Phi) is 7.63. The van der Waals surface area contributed by atoms with Crippen LogP contribution in [0.25, 0.3) is 0 Å². The van der Waals surface area contributed by atoms with E-state index in [0.29, 0.717) is 22.7 Å². The van der Waals surface area contributed by atoms with Crippen LogP contribution in [-0.4, -0.2) is 28.0 Å². The van der Waals surface area contributed by atoms with E-state index in [1.54, 1.807) is 43.3 Å². The molecule has 1 N–H and O–H groups in total. The number of nitrogens with zero attached hydrogens (tertiary/aromatic N) is 1. The van der Waals surface area contributed by atoms with Crippen molar-refractivity contribution in [1.29, 1.82) is 0 Å². The number of alkyl halides is 3. The molecule has 10 heteroatoms. The van der Waals surface area contributed by atoms with E-state index in [2.05, 4.69) is 5.32 Å². The molecule has 0 aromatic heterocycles. The monoisotopic (exact) mass is 492 g/mol. The molecular formula is C24H23F3N2O4S. The van der Waals surface area contributed by atoms with E-state index in [-0.39, 0.29) is 10.6 Å². The van der Waals surface area contributed by atoms with E-state index in [0.717, 1.165) is 23.3 Å². The highest BCUT2D eigenvalue weighted by Crippen LogP contribution is 2.33. The summed E-state index contributed by atoms with van der Waals surface area (Å²) < 4.78 is 72.4. The maximum Gasteiger partial charge on any atom is 0.416 e. The maximum atomic E-state index is 13.4. The van der Waals surface area contributed by atoms with Crippen LogP contribution < -0.4 is 9.62 Å². The maximum absolute atomic E-state index is 13.4. The van der Waals surface area contributed by atoms with Crippen LogP contribution in [0.1, 0.15) is 16.7 Å². The molecular weight excluding hydrogens is 469 g/mol. The van der Waals surface area contributed by atoms with Crippen molar-refractivity contribution in [2.24, 2.45) is 0 Å². The number of hydrogen-bond acceptors (Lipinski definition) is 4. The van der Waals surface area contributed by atoms with Gasteiger partial charge in [-0.3, -0.25) is 9.10 Å². The molecule has 3 aromatic rings. The van der Waals surface area contributed by atoms with Crippen molar-refractivity contribution in [3.8, 4) is 0 Å². The minimum Gasteiger partial charge on any atom is -0.380 e. The molecule has 0 aliphatic carbocycles. The van der Waals surface area contributed by atoms with Crippen molar-refractivity contribution in [2.75, 3.05) is 23.3 Å². The third kappa shape index (κ3) is 6.15. The molecule has 0 spiro atoms. The van der Waals surface area contributed by atoms with Gasteiger partial charge in [0.2, 0.25) is 5.91 Å². The number of ether oxygens (including phenoxy) is 1. The quantitative estimate of drug-likeness (QED) is 0.481. The van der Waals surface area contributed by atoms with Gasteiger partial charge in [0.25, 0.3) is 10.0 Å². The van der Waals surface area contributed by atoms with Gasteiger partial charge >= 0.3 is 6.18 Å². The number of nitrogens with one attached hydrogen (secondary N) is 1. The summed E-state index contributed by atoms with van der Waals surface area (Å²) in [6, 6.07) is 16.4. The average Bonchev–Trinajstić information content (AvgIpc) is 2.78. The van der Waals surface area contributed by atoms with Crippen molar-refractivity contribution < 1.29 is 31.1 Å². The lowest BCUT2D eigenvalue weighted by atomic mass is 10.2. The van der Waals surface area contributed by atoms with Crippen LogP contribution in [0.5, 0.6) is 0 Å².